The average molecular weight is 411 g/mol. The molecule has 0 saturated heterocycles. The van der Waals surface area contributed by atoms with E-state index in [-0.39, 0.29) is 0 Å². The number of hydrogen-bond acceptors (Lipinski definition) is 0. The lowest BCUT2D eigenvalue weighted by Crippen LogP contribution is -1.79. The molecule has 0 aliphatic carbocycles. The zero-order valence-corrected chi connectivity index (χ0v) is 22.1. The lowest BCUT2D eigenvalue weighted by Gasteiger charge is -2.04. The lowest BCUT2D eigenvalue weighted by molar-refractivity contribution is 1.50. The van der Waals surface area contributed by atoms with Crippen molar-refractivity contribution in [1.29, 1.82) is 0 Å². The Morgan fingerprint density at radius 1 is 0.233 bits per heavy atom. The highest BCUT2D eigenvalue weighted by atomic mass is 14.0. The van der Waals surface area contributed by atoms with Gasteiger partial charge in [-0.25, -0.2) is 0 Å². The molecule has 3 aromatic rings. The number of benzene rings is 3. The Kier molecular flexibility index (Phi) is 36.7. The fourth-order valence-electron chi connectivity index (χ4n) is 2.12. The van der Waals surface area contributed by atoms with Crippen molar-refractivity contribution in [3.8, 4) is 22.3 Å². The van der Waals surface area contributed by atoms with Crippen molar-refractivity contribution in [1.82, 2.24) is 0 Å². The minimum Gasteiger partial charge on any atom is -0.0683 e. The van der Waals surface area contributed by atoms with E-state index in [0.717, 1.165) is 0 Å². The lowest BCUT2D eigenvalue weighted by atomic mass is 10.0. The monoisotopic (exact) mass is 410 g/mol. The molecule has 30 heavy (non-hydrogen) atoms. The first kappa shape index (κ1) is 35.1. The van der Waals surface area contributed by atoms with Gasteiger partial charge in [0.05, 0.1) is 0 Å². The van der Waals surface area contributed by atoms with E-state index >= 15 is 0 Å². The molecule has 0 nitrogen and oxygen atoms in total. The van der Waals surface area contributed by atoms with Crippen LogP contribution in [0.4, 0.5) is 0 Å². The van der Waals surface area contributed by atoms with E-state index in [9.17, 15) is 0 Å². The third-order valence-electron chi connectivity index (χ3n) is 3.10. The van der Waals surface area contributed by atoms with Gasteiger partial charge in [0.2, 0.25) is 0 Å². The van der Waals surface area contributed by atoms with Crippen LogP contribution in [0.3, 0.4) is 0 Å². The summed E-state index contributed by atoms with van der Waals surface area (Å²) < 4.78 is 0. The third-order valence-corrected chi connectivity index (χ3v) is 3.10. The molecule has 3 rings (SSSR count). The molecule has 0 heteroatoms. The van der Waals surface area contributed by atoms with Gasteiger partial charge in [-0.15, -0.1) is 0 Å². The van der Waals surface area contributed by atoms with Crippen molar-refractivity contribution in [2.75, 3.05) is 0 Å². The van der Waals surface area contributed by atoms with Crippen molar-refractivity contribution < 1.29 is 0 Å². The molecule has 170 valence electrons. The Balaban J connectivity index is -0.000000245. The highest BCUT2D eigenvalue weighted by Gasteiger charge is 1.98. The van der Waals surface area contributed by atoms with Gasteiger partial charge in [-0.3, -0.25) is 0 Å². The van der Waals surface area contributed by atoms with Crippen LogP contribution in [0.15, 0.2) is 84.9 Å². The fraction of sp³-hybridized carbons (Fsp3) is 0.400. The van der Waals surface area contributed by atoms with Crippen LogP contribution in [-0.4, -0.2) is 0 Å². The van der Waals surface area contributed by atoms with Gasteiger partial charge in [-0.2, -0.15) is 0 Å². The standard InChI is InChI=1S/C18H14.6C2H6/c1-3-7-15(8-4-1)17-11-13-18(14-12-17)16-9-5-2-6-10-16;6*1-2/h1-14H;6*1-2H3. The zero-order valence-electron chi connectivity index (χ0n) is 22.1. The number of hydrogen-bond donors (Lipinski definition) is 0. The molecule has 0 aromatic heterocycles. The van der Waals surface area contributed by atoms with Gasteiger partial charge in [0, 0.05) is 0 Å². The molecule has 0 fully saturated rings. The minimum atomic E-state index is 1.26. The zero-order chi connectivity index (χ0) is 24.2. The molecular formula is C30H50. The van der Waals surface area contributed by atoms with Crippen LogP contribution < -0.4 is 0 Å². The van der Waals surface area contributed by atoms with Gasteiger partial charge < -0.3 is 0 Å². The van der Waals surface area contributed by atoms with E-state index in [2.05, 4.69) is 72.8 Å². The van der Waals surface area contributed by atoms with E-state index in [1.54, 1.807) is 0 Å². The summed E-state index contributed by atoms with van der Waals surface area (Å²) in [5.74, 6) is 0. The first-order chi connectivity index (χ1) is 14.9. The maximum Gasteiger partial charge on any atom is -0.0184 e. The van der Waals surface area contributed by atoms with Crippen LogP contribution in [0.5, 0.6) is 0 Å². The summed E-state index contributed by atoms with van der Waals surface area (Å²) in [4.78, 5) is 0. The fourth-order valence-corrected chi connectivity index (χ4v) is 2.12. The van der Waals surface area contributed by atoms with E-state index in [0.29, 0.717) is 0 Å². The first-order valence-corrected chi connectivity index (χ1v) is 12.1. The van der Waals surface area contributed by atoms with Gasteiger partial charge in [-0.05, 0) is 22.3 Å². The van der Waals surface area contributed by atoms with Crippen molar-refractivity contribution >= 4 is 0 Å². The largest absolute Gasteiger partial charge is 0.0683 e. The Hall–Kier alpha value is -2.34. The molecule has 0 unspecified atom stereocenters. The molecule has 0 atom stereocenters. The van der Waals surface area contributed by atoms with Gasteiger partial charge in [0.25, 0.3) is 0 Å². The highest BCUT2D eigenvalue weighted by molar-refractivity contribution is 5.70. The van der Waals surface area contributed by atoms with Crippen LogP contribution in [0.1, 0.15) is 83.1 Å². The van der Waals surface area contributed by atoms with E-state index in [1.807, 2.05) is 95.2 Å². The predicted molar refractivity (Wildman–Crippen MR) is 145 cm³/mol. The van der Waals surface area contributed by atoms with Gasteiger partial charge in [-0.1, -0.05) is 168 Å². The summed E-state index contributed by atoms with van der Waals surface area (Å²) in [5.41, 5.74) is 5.04. The minimum absolute atomic E-state index is 1.26. The summed E-state index contributed by atoms with van der Waals surface area (Å²) >= 11 is 0. The van der Waals surface area contributed by atoms with Crippen LogP contribution >= 0.6 is 0 Å². The number of rotatable bonds is 2. The molecule has 0 bridgehead atoms. The molecule has 0 radical (unpaired) electrons. The molecule has 0 amide bonds. The van der Waals surface area contributed by atoms with Crippen molar-refractivity contribution in [2.24, 2.45) is 0 Å². The van der Waals surface area contributed by atoms with Crippen molar-refractivity contribution in [3.63, 3.8) is 0 Å². The summed E-state index contributed by atoms with van der Waals surface area (Å²) in [5, 5.41) is 0. The van der Waals surface area contributed by atoms with Crippen LogP contribution in [0, 0.1) is 0 Å². The van der Waals surface area contributed by atoms with Gasteiger partial charge >= 0.3 is 0 Å². The summed E-state index contributed by atoms with van der Waals surface area (Å²) in [6.45, 7) is 24.0. The van der Waals surface area contributed by atoms with Crippen LogP contribution in [0.25, 0.3) is 22.3 Å². The molecule has 0 aliphatic heterocycles. The SMILES string of the molecule is CC.CC.CC.CC.CC.CC.c1ccc(-c2ccc(-c3ccccc3)cc2)cc1. The molecule has 0 saturated carbocycles. The van der Waals surface area contributed by atoms with Crippen molar-refractivity contribution in [2.45, 2.75) is 83.1 Å². The maximum atomic E-state index is 2.18. The second-order valence-corrected chi connectivity index (χ2v) is 4.31. The van der Waals surface area contributed by atoms with Crippen molar-refractivity contribution in [3.05, 3.63) is 84.9 Å². The molecular weight excluding hydrogens is 360 g/mol. The Bertz CT molecular complexity index is 549. The molecule has 0 N–H and O–H groups in total. The third kappa shape index (κ3) is 15.6. The second kappa shape index (κ2) is 31.4. The average Bonchev–Trinajstić information content (AvgIpc) is 2.92. The Morgan fingerprint density at radius 2 is 0.400 bits per heavy atom. The highest BCUT2D eigenvalue weighted by Crippen LogP contribution is 2.24. The summed E-state index contributed by atoms with van der Waals surface area (Å²) in [6.07, 6.45) is 0. The van der Waals surface area contributed by atoms with Crippen LogP contribution in [0.2, 0.25) is 0 Å². The normalized spacial score (nSPS) is 7.33. The molecule has 0 spiro atoms. The van der Waals surface area contributed by atoms with E-state index in [4.69, 9.17) is 0 Å². The second-order valence-electron chi connectivity index (χ2n) is 4.31. The van der Waals surface area contributed by atoms with E-state index in [1.165, 1.54) is 22.3 Å². The van der Waals surface area contributed by atoms with Crippen LogP contribution in [-0.2, 0) is 0 Å². The Labute approximate surface area is 190 Å². The van der Waals surface area contributed by atoms with Gasteiger partial charge in [0.15, 0.2) is 0 Å². The smallest absolute Gasteiger partial charge is 0.0184 e. The maximum absolute atomic E-state index is 2.18. The van der Waals surface area contributed by atoms with E-state index < -0.39 is 0 Å². The quantitative estimate of drug-likeness (QED) is 0.394. The molecule has 0 heterocycles. The predicted octanol–water partition coefficient (Wildman–Crippen LogP) is 11.2. The Morgan fingerprint density at radius 3 is 0.600 bits per heavy atom. The summed E-state index contributed by atoms with van der Waals surface area (Å²) in [6, 6.07) is 29.6. The summed E-state index contributed by atoms with van der Waals surface area (Å²) in [7, 11) is 0. The first-order valence-electron chi connectivity index (χ1n) is 12.1. The molecule has 0 aliphatic rings. The topological polar surface area (TPSA) is 0 Å². The molecule has 3 aromatic carbocycles. The van der Waals surface area contributed by atoms with Gasteiger partial charge in [0.1, 0.15) is 0 Å².